The van der Waals surface area contributed by atoms with Crippen LogP contribution in [0.3, 0.4) is 0 Å². The van der Waals surface area contributed by atoms with Crippen LogP contribution in [0.2, 0.25) is 0 Å². The molecule has 2 aliphatic rings. The molecule has 3 unspecified atom stereocenters. The lowest BCUT2D eigenvalue weighted by molar-refractivity contribution is -0.143. The van der Waals surface area contributed by atoms with E-state index in [2.05, 4.69) is 4.90 Å². The van der Waals surface area contributed by atoms with E-state index in [0.717, 1.165) is 31.3 Å². The van der Waals surface area contributed by atoms with Crippen molar-refractivity contribution in [3.63, 3.8) is 0 Å². The average molecular weight is 197 g/mol. The molecule has 0 aromatic heterocycles. The maximum atomic E-state index is 11.0. The predicted molar refractivity (Wildman–Crippen MR) is 54.1 cm³/mol. The summed E-state index contributed by atoms with van der Waals surface area (Å²) in [6.45, 7) is 4.01. The second-order valence-electron chi connectivity index (χ2n) is 4.67. The van der Waals surface area contributed by atoms with Crippen molar-refractivity contribution in [3.05, 3.63) is 0 Å². The Balaban J connectivity index is 1.97. The number of likely N-dealkylation sites (tertiary alicyclic amines) is 1. The van der Waals surface area contributed by atoms with Gasteiger partial charge in [0.2, 0.25) is 0 Å². The van der Waals surface area contributed by atoms with Crippen LogP contribution in [0, 0.1) is 11.8 Å². The third-order valence-corrected chi connectivity index (χ3v) is 3.87. The van der Waals surface area contributed by atoms with E-state index in [9.17, 15) is 4.79 Å². The van der Waals surface area contributed by atoms with Crippen molar-refractivity contribution in [1.29, 1.82) is 0 Å². The van der Waals surface area contributed by atoms with E-state index in [0.29, 0.717) is 0 Å². The fraction of sp³-hybridized carbons (Fsp3) is 0.909. The summed E-state index contributed by atoms with van der Waals surface area (Å²) >= 11 is 0. The van der Waals surface area contributed by atoms with E-state index in [-0.39, 0.29) is 6.04 Å². The molecular weight excluding hydrogens is 178 g/mol. The van der Waals surface area contributed by atoms with E-state index in [4.69, 9.17) is 5.11 Å². The van der Waals surface area contributed by atoms with Gasteiger partial charge in [0.25, 0.3) is 0 Å². The number of fused-ring (bicyclic) bond motifs is 1. The van der Waals surface area contributed by atoms with E-state index >= 15 is 0 Å². The molecule has 3 atom stereocenters. The van der Waals surface area contributed by atoms with Crippen LogP contribution >= 0.6 is 0 Å². The van der Waals surface area contributed by atoms with Crippen LogP contribution < -0.4 is 0 Å². The van der Waals surface area contributed by atoms with Crippen molar-refractivity contribution in [2.24, 2.45) is 11.8 Å². The second kappa shape index (κ2) is 3.89. The van der Waals surface area contributed by atoms with Gasteiger partial charge < -0.3 is 5.11 Å². The molecule has 1 aliphatic heterocycles. The minimum absolute atomic E-state index is 0.236. The highest BCUT2D eigenvalue weighted by molar-refractivity contribution is 5.73. The van der Waals surface area contributed by atoms with Gasteiger partial charge >= 0.3 is 5.97 Å². The highest BCUT2D eigenvalue weighted by Crippen LogP contribution is 2.38. The first kappa shape index (κ1) is 9.97. The Bertz CT molecular complexity index is 217. The Kier molecular flexibility index (Phi) is 2.77. The molecule has 2 fully saturated rings. The van der Waals surface area contributed by atoms with Crippen LogP contribution in [0.4, 0.5) is 0 Å². The summed E-state index contributed by atoms with van der Waals surface area (Å²) in [5.74, 6) is 0.944. The first-order chi connectivity index (χ1) is 6.72. The first-order valence-electron chi connectivity index (χ1n) is 5.69. The molecule has 3 heteroatoms. The number of nitrogens with zero attached hydrogens (tertiary/aromatic N) is 1. The van der Waals surface area contributed by atoms with Gasteiger partial charge in [0.05, 0.1) is 0 Å². The fourth-order valence-corrected chi connectivity index (χ4v) is 3.11. The molecule has 1 aliphatic carbocycles. The van der Waals surface area contributed by atoms with Crippen LogP contribution in [0.1, 0.15) is 32.6 Å². The SMILES string of the molecule is CCC(C(=O)O)N1CC2CCCC2C1. The highest BCUT2D eigenvalue weighted by atomic mass is 16.4. The Morgan fingerprint density at radius 1 is 1.43 bits per heavy atom. The molecule has 14 heavy (non-hydrogen) atoms. The molecule has 1 saturated carbocycles. The minimum Gasteiger partial charge on any atom is -0.480 e. The summed E-state index contributed by atoms with van der Waals surface area (Å²) < 4.78 is 0. The molecular formula is C11H19NO2. The maximum absolute atomic E-state index is 11.0. The zero-order valence-electron chi connectivity index (χ0n) is 8.78. The summed E-state index contributed by atoms with van der Waals surface area (Å²) in [5, 5.41) is 9.06. The van der Waals surface area contributed by atoms with Gasteiger partial charge in [0.15, 0.2) is 0 Å². The van der Waals surface area contributed by atoms with Crippen molar-refractivity contribution in [2.75, 3.05) is 13.1 Å². The molecule has 1 saturated heterocycles. The van der Waals surface area contributed by atoms with Crippen molar-refractivity contribution in [3.8, 4) is 0 Å². The van der Waals surface area contributed by atoms with Gasteiger partial charge in [-0.15, -0.1) is 0 Å². The zero-order chi connectivity index (χ0) is 10.1. The number of aliphatic carboxylic acids is 1. The quantitative estimate of drug-likeness (QED) is 0.746. The van der Waals surface area contributed by atoms with Gasteiger partial charge in [-0.2, -0.15) is 0 Å². The van der Waals surface area contributed by atoms with Crippen LogP contribution in [-0.2, 0) is 4.79 Å². The largest absolute Gasteiger partial charge is 0.480 e. The van der Waals surface area contributed by atoms with Crippen molar-refractivity contribution in [2.45, 2.75) is 38.6 Å². The number of hydrogen-bond donors (Lipinski definition) is 1. The molecule has 3 nitrogen and oxygen atoms in total. The van der Waals surface area contributed by atoms with Gasteiger partial charge in [-0.25, -0.2) is 0 Å². The van der Waals surface area contributed by atoms with Crippen molar-refractivity contribution >= 4 is 5.97 Å². The topological polar surface area (TPSA) is 40.5 Å². The smallest absolute Gasteiger partial charge is 0.320 e. The van der Waals surface area contributed by atoms with Crippen LogP contribution in [0.15, 0.2) is 0 Å². The van der Waals surface area contributed by atoms with Crippen LogP contribution in [-0.4, -0.2) is 35.1 Å². The van der Waals surface area contributed by atoms with Crippen LogP contribution in [0.5, 0.6) is 0 Å². The second-order valence-corrected chi connectivity index (χ2v) is 4.67. The average Bonchev–Trinajstić information content (AvgIpc) is 2.63. The summed E-state index contributed by atoms with van der Waals surface area (Å²) in [5.41, 5.74) is 0. The van der Waals surface area contributed by atoms with E-state index < -0.39 is 5.97 Å². The van der Waals surface area contributed by atoms with Gasteiger partial charge in [0, 0.05) is 13.1 Å². The lowest BCUT2D eigenvalue weighted by Crippen LogP contribution is -2.39. The van der Waals surface area contributed by atoms with Crippen LogP contribution in [0.25, 0.3) is 0 Å². The lowest BCUT2D eigenvalue weighted by Gasteiger charge is -2.23. The molecule has 0 radical (unpaired) electrons. The third-order valence-electron chi connectivity index (χ3n) is 3.87. The molecule has 1 heterocycles. The van der Waals surface area contributed by atoms with Gasteiger partial charge in [0.1, 0.15) is 6.04 Å². The predicted octanol–water partition coefficient (Wildman–Crippen LogP) is 1.58. The molecule has 1 N–H and O–H groups in total. The molecule has 0 aromatic carbocycles. The zero-order valence-corrected chi connectivity index (χ0v) is 8.78. The summed E-state index contributed by atoms with van der Waals surface area (Å²) in [7, 11) is 0. The van der Waals surface area contributed by atoms with Crippen molar-refractivity contribution < 1.29 is 9.90 Å². The Hall–Kier alpha value is -0.570. The number of carboxylic acids is 1. The summed E-state index contributed by atoms with van der Waals surface area (Å²) in [6, 6.07) is -0.236. The standard InChI is InChI=1S/C11H19NO2/c1-2-10(11(13)14)12-6-8-4-3-5-9(8)7-12/h8-10H,2-7H2,1H3,(H,13,14). The molecule has 2 rings (SSSR count). The number of carbonyl (C=O) groups is 1. The van der Waals surface area contributed by atoms with Crippen molar-refractivity contribution in [1.82, 2.24) is 4.90 Å². The molecule has 80 valence electrons. The van der Waals surface area contributed by atoms with E-state index in [1.165, 1.54) is 19.3 Å². The normalized spacial score (nSPS) is 34.4. The highest BCUT2D eigenvalue weighted by Gasteiger charge is 2.39. The Labute approximate surface area is 85.1 Å². The Morgan fingerprint density at radius 2 is 2.00 bits per heavy atom. The number of carboxylic acid groups (broad SMARTS) is 1. The maximum Gasteiger partial charge on any atom is 0.320 e. The monoisotopic (exact) mass is 197 g/mol. The Morgan fingerprint density at radius 3 is 2.43 bits per heavy atom. The molecule has 0 bridgehead atoms. The molecule has 0 amide bonds. The minimum atomic E-state index is -0.646. The summed E-state index contributed by atoms with van der Waals surface area (Å²) in [6.07, 6.45) is 4.72. The number of rotatable bonds is 3. The lowest BCUT2D eigenvalue weighted by atomic mass is 10.0. The number of hydrogen-bond acceptors (Lipinski definition) is 2. The molecule has 0 aromatic rings. The van der Waals surface area contributed by atoms with E-state index in [1.54, 1.807) is 0 Å². The van der Waals surface area contributed by atoms with Gasteiger partial charge in [-0.05, 0) is 31.1 Å². The summed E-state index contributed by atoms with van der Waals surface area (Å²) in [4.78, 5) is 13.2. The molecule has 0 spiro atoms. The fourth-order valence-electron chi connectivity index (χ4n) is 3.11. The van der Waals surface area contributed by atoms with Gasteiger partial charge in [-0.1, -0.05) is 13.3 Å². The van der Waals surface area contributed by atoms with Gasteiger partial charge in [-0.3, -0.25) is 9.69 Å². The first-order valence-corrected chi connectivity index (χ1v) is 5.69. The van der Waals surface area contributed by atoms with E-state index in [1.807, 2.05) is 6.92 Å². The third kappa shape index (κ3) is 1.65.